The number of hydrogen-bond acceptors (Lipinski definition) is 5. The van der Waals surface area contributed by atoms with Crippen molar-refractivity contribution in [2.24, 2.45) is 0 Å². The monoisotopic (exact) mass is 302 g/mol. The van der Waals surface area contributed by atoms with Crippen molar-refractivity contribution < 1.29 is 27.5 Å². The smallest absolute Gasteiger partial charge is 0.334 e. The summed E-state index contributed by atoms with van der Waals surface area (Å²) in [5, 5.41) is 0. The summed E-state index contributed by atoms with van der Waals surface area (Å²) in [6.45, 7) is 0. The number of hydrogen-bond donors (Lipinski definition) is 0. The minimum absolute atomic E-state index is 0.124. The molecule has 0 aliphatic heterocycles. The summed E-state index contributed by atoms with van der Waals surface area (Å²) in [4.78, 5) is 11.4. The molecule has 0 radical (unpaired) electrons. The summed E-state index contributed by atoms with van der Waals surface area (Å²) in [7, 11) is 0.388. The number of carbonyl (C=O) groups is 1. The molecule has 7 heteroatoms. The molecule has 0 aliphatic rings. The molecule has 0 spiro atoms. The number of benzene rings is 1. The highest BCUT2D eigenvalue weighted by Gasteiger charge is 2.24. The lowest BCUT2D eigenvalue weighted by molar-refractivity contribution is -0.134. The van der Waals surface area contributed by atoms with Crippen LogP contribution in [0.25, 0.3) is 5.57 Å². The van der Waals surface area contributed by atoms with E-state index in [4.69, 9.17) is 9.05 Å². The average Bonchev–Trinajstić information content (AvgIpc) is 2.47. The Hall–Kier alpha value is -1.49. The fourth-order valence-corrected chi connectivity index (χ4v) is 2.60. The van der Waals surface area contributed by atoms with Gasteiger partial charge in [0.15, 0.2) is 0 Å². The molecule has 1 aromatic carbocycles. The molecule has 0 saturated heterocycles. The highest BCUT2D eigenvalue weighted by Crippen LogP contribution is 2.49. The number of allylic oxidation sites excluding steroid dienone is 1. The third-order valence-corrected chi connectivity index (χ3v) is 4.47. The highest BCUT2D eigenvalue weighted by molar-refractivity contribution is 7.54. The van der Waals surface area contributed by atoms with Crippen molar-refractivity contribution in [1.82, 2.24) is 0 Å². The van der Waals surface area contributed by atoms with E-state index >= 15 is 0 Å². The van der Waals surface area contributed by atoms with Gasteiger partial charge in [-0.15, -0.1) is 0 Å². The van der Waals surface area contributed by atoms with Crippen LogP contribution in [-0.2, 0) is 23.1 Å². The fourth-order valence-electron chi connectivity index (χ4n) is 1.50. The topological polar surface area (TPSA) is 61.8 Å². The zero-order valence-electron chi connectivity index (χ0n) is 11.5. The Morgan fingerprint density at radius 1 is 1.20 bits per heavy atom. The molecule has 0 amide bonds. The summed E-state index contributed by atoms with van der Waals surface area (Å²) in [5.41, 5.74) is 0.912. The first-order chi connectivity index (χ1) is 9.44. The SMILES string of the molecule is COC(=O)/C=C(\CP(=O)(OC)OC)c1ccc(F)cc1. The lowest BCUT2D eigenvalue weighted by Gasteiger charge is -2.16. The van der Waals surface area contributed by atoms with E-state index in [2.05, 4.69) is 4.74 Å². The van der Waals surface area contributed by atoms with Crippen molar-refractivity contribution in [1.29, 1.82) is 0 Å². The Kier molecular flexibility index (Phi) is 6.07. The van der Waals surface area contributed by atoms with Crippen LogP contribution in [0.4, 0.5) is 4.39 Å². The van der Waals surface area contributed by atoms with Crippen molar-refractivity contribution in [3.8, 4) is 0 Å². The molecule has 0 aliphatic carbocycles. The van der Waals surface area contributed by atoms with Crippen LogP contribution in [0.3, 0.4) is 0 Å². The molecule has 5 nitrogen and oxygen atoms in total. The van der Waals surface area contributed by atoms with E-state index in [0.717, 1.165) is 0 Å². The Labute approximate surface area is 116 Å². The minimum Gasteiger partial charge on any atom is -0.466 e. The second kappa shape index (κ2) is 7.33. The minimum atomic E-state index is -3.35. The first kappa shape index (κ1) is 16.6. The molecule has 0 aromatic heterocycles. The van der Waals surface area contributed by atoms with Gasteiger partial charge in [-0.05, 0) is 23.3 Å². The molecular weight excluding hydrogens is 286 g/mol. The normalized spacial score (nSPS) is 12.3. The molecule has 0 saturated carbocycles. The first-order valence-corrected chi connectivity index (χ1v) is 7.42. The van der Waals surface area contributed by atoms with Crippen LogP contribution in [0.5, 0.6) is 0 Å². The molecule has 0 unspecified atom stereocenters. The maximum Gasteiger partial charge on any atom is 0.334 e. The van der Waals surface area contributed by atoms with Gasteiger partial charge in [-0.3, -0.25) is 4.57 Å². The first-order valence-electron chi connectivity index (χ1n) is 5.69. The van der Waals surface area contributed by atoms with Crippen molar-refractivity contribution in [2.75, 3.05) is 27.5 Å². The molecule has 1 aromatic rings. The quantitative estimate of drug-likeness (QED) is 0.459. The van der Waals surface area contributed by atoms with Crippen molar-refractivity contribution in [3.05, 3.63) is 41.7 Å². The molecule has 110 valence electrons. The van der Waals surface area contributed by atoms with E-state index < -0.39 is 19.4 Å². The number of rotatable bonds is 6. The Morgan fingerprint density at radius 3 is 2.20 bits per heavy atom. The lowest BCUT2D eigenvalue weighted by atomic mass is 10.1. The second-order valence-corrected chi connectivity index (χ2v) is 6.10. The summed E-state index contributed by atoms with van der Waals surface area (Å²) in [6.07, 6.45) is 1.05. The summed E-state index contributed by atoms with van der Waals surface area (Å²) < 4.78 is 39.3. The maximum atomic E-state index is 12.9. The Morgan fingerprint density at radius 2 is 1.75 bits per heavy atom. The zero-order valence-corrected chi connectivity index (χ0v) is 12.4. The van der Waals surface area contributed by atoms with E-state index in [0.29, 0.717) is 11.1 Å². The largest absolute Gasteiger partial charge is 0.466 e. The molecule has 1 rings (SSSR count). The van der Waals surface area contributed by atoms with Crippen LogP contribution in [0, 0.1) is 5.82 Å². The molecule has 0 heterocycles. The third kappa shape index (κ3) is 4.56. The zero-order chi connectivity index (χ0) is 15.2. The van der Waals surface area contributed by atoms with Crippen molar-refractivity contribution in [2.45, 2.75) is 0 Å². The van der Waals surface area contributed by atoms with Gasteiger partial charge in [0.05, 0.1) is 13.3 Å². The number of methoxy groups -OCH3 is 1. The van der Waals surface area contributed by atoms with Crippen LogP contribution in [-0.4, -0.2) is 33.5 Å². The van der Waals surface area contributed by atoms with Crippen LogP contribution >= 0.6 is 7.60 Å². The lowest BCUT2D eigenvalue weighted by Crippen LogP contribution is -2.03. The molecule has 20 heavy (non-hydrogen) atoms. The van der Waals surface area contributed by atoms with Gasteiger partial charge in [0.1, 0.15) is 5.82 Å². The van der Waals surface area contributed by atoms with E-state index in [1.807, 2.05) is 0 Å². The fraction of sp³-hybridized carbons (Fsp3) is 0.308. The molecule has 0 fully saturated rings. The molecular formula is C13H16FO5P. The Bertz CT molecular complexity index is 530. The number of carbonyl (C=O) groups excluding carboxylic acids is 1. The van der Waals surface area contributed by atoms with Gasteiger partial charge >= 0.3 is 13.6 Å². The van der Waals surface area contributed by atoms with Gasteiger partial charge in [0.25, 0.3) is 0 Å². The van der Waals surface area contributed by atoms with Crippen molar-refractivity contribution >= 4 is 19.1 Å². The predicted molar refractivity (Wildman–Crippen MR) is 72.9 cm³/mol. The van der Waals surface area contributed by atoms with E-state index in [1.54, 1.807) is 0 Å². The van der Waals surface area contributed by atoms with Crippen LogP contribution in [0.1, 0.15) is 5.56 Å². The highest BCUT2D eigenvalue weighted by atomic mass is 31.2. The van der Waals surface area contributed by atoms with Gasteiger partial charge in [0, 0.05) is 20.3 Å². The van der Waals surface area contributed by atoms with Crippen LogP contribution in [0.15, 0.2) is 30.3 Å². The Balaban J connectivity index is 3.16. The summed E-state index contributed by atoms with van der Waals surface area (Å²) in [5.74, 6) is -1.02. The van der Waals surface area contributed by atoms with E-state index in [9.17, 15) is 13.8 Å². The van der Waals surface area contributed by atoms with Gasteiger partial charge in [0.2, 0.25) is 0 Å². The number of ether oxygens (including phenoxy) is 1. The molecule has 0 atom stereocenters. The third-order valence-electron chi connectivity index (χ3n) is 2.63. The average molecular weight is 302 g/mol. The van der Waals surface area contributed by atoms with Crippen molar-refractivity contribution in [3.63, 3.8) is 0 Å². The maximum absolute atomic E-state index is 12.9. The summed E-state index contributed by atoms with van der Waals surface area (Å²) in [6, 6.07) is 5.43. The number of halogens is 1. The van der Waals surface area contributed by atoms with Gasteiger partial charge in [-0.1, -0.05) is 12.1 Å². The van der Waals surface area contributed by atoms with Gasteiger partial charge < -0.3 is 13.8 Å². The summed E-state index contributed by atoms with van der Waals surface area (Å²) >= 11 is 0. The van der Waals surface area contributed by atoms with E-state index in [1.165, 1.54) is 51.7 Å². The second-order valence-electron chi connectivity index (χ2n) is 3.83. The van der Waals surface area contributed by atoms with Crippen LogP contribution in [0.2, 0.25) is 0 Å². The predicted octanol–water partition coefficient (Wildman–Crippen LogP) is 2.87. The van der Waals surface area contributed by atoms with Gasteiger partial charge in [-0.25, -0.2) is 9.18 Å². The van der Waals surface area contributed by atoms with E-state index in [-0.39, 0.29) is 6.16 Å². The number of esters is 1. The standard InChI is InChI=1S/C13H16FO5P/c1-17-13(15)8-11(9-20(16,18-2)19-3)10-4-6-12(14)7-5-10/h4-8H,9H2,1-3H3/b11-8+. The molecule has 0 bridgehead atoms. The van der Waals surface area contributed by atoms with Crippen LogP contribution < -0.4 is 0 Å². The van der Waals surface area contributed by atoms with Gasteiger partial charge in [-0.2, -0.15) is 0 Å². The molecule has 0 N–H and O–H groups in total.